The average Bonchev–Trinajstić information content (AvgIpc) is 3.39. The zero-order chi connectivity index (χ0) is 32.2. The van der Waals surface area contributed by atoms with Crippen LogP contribution in [0, 0.1) is 0 Å². The Morgan fingerprint density at radius 3 is 1.48 bits per heavy atom. The molecule has 0 spiro atoms. The molecule has 8 aromatic rings. The van der Waals surface area contributed by atoms with Crippen LogP contribution in [-0.2, 0) is 5.41 Å². The van der Waals surface area contributed by atoms with Crippen molar-refractivity contribution in [2.45, 2.75) is 19.3 Å². The van der Waals surface area contributed by atoms with E-state index in [9.17, 15) is 0 Å². The number of hydrogen-bond acceptors (Lipinski definition) is 1. The van der Waals surface area contributed by atoms with Gasteiger partial charge in [0.15, 0.2) is 0 Å². The summed E-state index contributed by atoms with van der Waals surface area (Å²) in [4.78, 5) is 2.37. The van der Waals surface area contributed by atoms with E-state index in [0.29, 0.717) is 0 Å². The maximum absolute atomic E-state index is 2.43. The molecule has 1 nitrogen and oxygen atoms in total. The van der Waals surface area contributed by atoms with Crippen LogP contribution < -0.4 is 4.90 Å². The van der Waals surface area contributed by atoms with Crippen molar-refractivity contribution in [1.82, 2.24) is 0 Å². The van der Waals surface area contributed by atoms with Crippen LogP contribution in [0.4, 0.5) is 17.1 Å². The van der Waals surface area contributed by atoms with Crippen LogP contribution in [-0.4, -0.2) is 0 Å². The van der Waals surface area contributed by atoms with Crippen LogP contribution in [0.3, 0.4) is 0 Å². The summed E-state index contributed by atoms with van der Waals surface area (Å²) >= 11 is 0. The number of benzene rings is 8. The molecular weight excluding hydrogens is 579 g/mol. The molecule has 0 bridgehead atoms. The SMILES string of the molecule is CC1(C)c2cccc3ccc4cc(-c5ccc(N(c6cccc(-c7ccccc7)c6)c6cccc(-c7ccccc7)c6)cc5)cc1c4c23. The summed E-state index contributed by atoms with van der Waals surface area (Å²) in [5.41, 5.74) is 13.5. The lowest BCUT2D eigenvalue weighted by molar-refractivity contribution is 0.663. The second-order valence-corrected chi connectivity index (χ2v) is 13.4. The molecule has 0 aliphatic heterocycles. The number of hydrogen-bond donors (Lipinski definition) is 0. The number of rotatable bonds is 6. The van der Waals surface area contributed by atoms with Gasteiger partial charge in [-0.25, -0.2) is 0 Å². The molecule has 1 aliphatic carbocycles. The van der Waals surface area contributed by atoms with Gasteiger partial charge in [-0.05, 0) is 115 Å². The summed E-state index contributed by atoms with van der Waals surface area (Å²) in [5.74, 6) is 0. The van der Waals surface area contributed by atoms with Gasteiger partial charge in [-0.3, -0.25) is 0 Å². The highest BCUT2D eigenvalue weighted by atomic mass is 15.1. The van der Waals surface area contributed by atoms with Crippen molar-refractivity contribution in [3.63, 3.8) is 0 Å². The minimum atomic E-state index is -0.0399. The third-order valence-electron chi connectivity index (χ3n) is 10.2. The van der Waals surface area contributed by atoms with Crippen molar-refractivity contribution in [2.24, 2.45) is 0 Å². The molecule has 0 N–H and O–H groups in total. The van der Waals surface area contributed by atoms with Gasteiger partial charge in [-0.15, -0.1) is 0 Å². The number of anilines is 3. The summed E-state index contributed by atoms with van der Waals surface area (Å²) in [7, 11) is 0. The lowest BCUT2D eigenvalue weighted by Crippen LogP contribution is -2.15. The molecule has 1 aliphatic rings. The molecule has 9 rings (SSSR count). The van der Waals surface area contributed by atoms with Crippen molar-refractivity contribution < 1.29 is 0 Å². The highest BCUT2D eigenvalue weighted by molar-refractivity contribution is 6.15. The third kappa shape index (κ3) is 4.62. The fourth-order valence-corrected chi connectivity index (χ4v) is 7.73. The molecule has 0 radical (unpaired) electrons. The summed E-state index contributed by atoms with van der Waals surface area (Å²) in [5, 5.41) is 5.48. The van der Waals surface area contributed by atoms with Crippen LogP contribution in [0.2, 0.25) is 0 Å². The van der Waals surface area contributed by atoms with E-state index >= 15 is 0 Å². The van der Waals surface area contributed by atoms with Crippen molar-refractivity contribution in [3.05, 3.63) is 187 Å². The lowest BCUT2D eigenvalue weighted by atomic mass is 9.81. The normalized spacial score (nSPS) is 13.0. The Bertz CT molecular complexity index is 2370. The van der Waals surface area contributed by atoms with Gasteiger partial charge < -0.3 is 4.90 Å². The average molecular weight is 614 g/mol. The van der Waals surface area contributed by atoms with E-state index in [1.165, 1.54) is 66.1 Å². The molecule has 0 fully saturated rings. The zero-order valence-corrected chi connectivity index (χ0v) is 27.2. The molecule has 48 heavy (non-hydrogen) atoms. The van der Waals surface area contributed by atoms with Gasteiger partial charge in [0.2, 0.25) is 0 Å². The smallest absolute Gasteiger partial charge is 0.0467 e. The predicted octanol–water partition coefficient (Wildman–Crippen LogP) is 13.1. The molecule has 0 saturated heterocycles. The van der Waals surface area contributed by atoms with Gasteiger partial charge in [0.25, 0.3) is 0 Å². The molecular formula is C47H35N. The number of nitrogens with zero attached hydrogens (tertiary/aromatic N) is 1. The van der Waals surface area contributed by atoms with Crippen LogP contribution >= 0.6 is 0 Å². The van der Waals surface area contributed by atoms with Crippen molar-refractivity contribution in [1.29, 1.82) is 0 Å². The summed E-state index contributed by atoms with van der Waals surface area (Å²) in [6.07, 6.45) is 0. The van der Waals surface area contributed by atoms with E-state index in [0.717, 1.165) is 17.1 Å². The van der Waals surface area contributed by atoms with Crippen LogP contribution in [0.15, 0.2) is 176 Å². The van der Waals surface area contributed by atoms with Crippen LogP contribution in [0.5, 0.6) is 0 Å². The van der Waals surface area contributed by atoms with Gasteiger partial charge in [-0.2, -0.15) is 0 Å². The van der Waals surface area contributed by atoms with Gasteiger partial charge >= 0.3 is 0 Å². The fourth-order valence-electron chi connectivity index (χ4n) is 7.73. The van der Waals surface area contributed by atoms with E-state index in [-0.39, 0.29) is 5.41 Å². The first kappa shape index (κ1) is 28.3. The van der Waals surface area contributed by atoms with Crippen molar-refractivity contribution >= 4 is 38.6 Å². The second kappa shape index (κ2) is 11.1. The summed E-state index contributed by atoms with van der Waals surface area (Å²) in [6, 6.07) is 64.2. The van der Waals surface area contributed by atoms with Crippen LogP contribution in [0.1, 0.15) is 25.0 Å². The Morgan fingerprint density at radius 2 is 0.854 bits per heavy atom. The standard InChI is InChI=1S/C47H35N/c1-47(2)43-21-11-16-35-22-23-38-28-39(31-44(47)46(38)45(35)43)34-24-26-40(27-25-34)48(41-19-9-17-36(29-41)32-12-5-3-6-13-32)42-20-10-18-37(30-42)33-14-7-4-8-15-33/h3-31H,1-2H3. The molecule has 0 heterocycles. The Labute approximate surface area is 282 Å². The summed E-state index contributed by atoms with van der Waals surface area (Å²) < 4.78 is 0. The maximum Gasteiger partial charge on any atom is 0.0467 e. The highest BCUT2D eigenvalue weighted by Crippen LogP contribution is 2.50. The van der Waals surface area contributed by atoms with E-state index < -0.39 is 0 Å². The molecule has 0 saturated carbocycles. The van der Waals surface area contributed by atoms with E-state index in [1.807, 2.05) is 0 Å². The fraction of sp³-hybridized carbons (Fsp3) is 0.0638. The third-order valence-corrected chi connectivity index (χ3v) is 10.2. The first-order chi connectivity index (χ1) is 23.5. The van der Waals surface area contributed by atoms with Crippen molar-refractivity contribution in [2.75, 3.05) is 4.90 Å². The molecule has 0 amide bonds. The quantitative estimate of drug-likeness (QED) is 0.169. The topological polar surface area (TPSA) is 3.24 Å². The van der Waals surface area contributed by atoms with E-state index in [1.54, 1.807) is 0 Å². The van der Waals surface area contributed by atoms with Gasteiger partial charge in [-0.1, -0.05) is 141 Å². The monoisotopic (exact) mass is 613 g/mol. The van der Waals surface area contributed by atoms with Crippen LogP contribution in [0.25, 0.3) is 54.9 Å². The first-order valence-corrected chi connectivity index (χ1v) is 16.8. The Hall–Kier alpha value is -5.92. The molecule has 0 unspecified atom stereocenters. The minimum Gasteiger partial charge on any atom is -0.310 e. The Morgan fingerprint density at radius 1 is 0.333 bits per heavy atom. The minimum absolute atomic E-state index is 0.0399. The predicted molar refractivity (Wildman–Crippen MR) is 205 cm³/mol. The molecule has 0 aromatic heterocycles. The maximum atomic E-state index is 2.43. The second-order valence-electron chi connectivity index (χ2n) is 13.4. The Kier molecular flexibility index (Phi) is 6.55. The molecule has 8 aromatic carbocycles. The van der Waals surface area contributed by atoms with E-state index in [4.69, 9.17) is 0 Å². The van der Waals surface area contributed by atoms with Gasteiger partial charge in [0.05, 0.1) is 0 Å². The largest absolute Gasteiger partial charge is 0.310 e. The molecule has 0 atom stereocenters. The van der Waals surface area contributed by atoms with E-state index in [2.05, 4.69) is 195 Å². The molecule has 228 valence electrons. The highest BCUT2D eigenvalue weighted by Gasteiger charge is 2.34. The molecule has 1 heteroatoms. The van der Waals surface area contributed by atoms with Crippen molar-refractivity contribution in [3.8, 4) is 33.4 Å². The first-order valence-electron chi connectivity index (χ1n) is 16.8. The van der Waals surface area contributed by atoms with Gasteiger partial charge in [0, 0.05) is 22.5 Å². The lowest BCUT2D eigenvalue weighted by Gasteiger charge is -2.27. The Balaban J connectivity index is 1.16. The van der Waals surface area contributed by atoms with Gasteiger partial charge in [0.1, 0.15) is 0 Å². The zero-order valence-electron chi connectivity index (χ0n) is 27.2. The summed E-state index contributed by atoms with van der Waals surface area (Å²) in [6.45, 7) is 4.74.